The predicted octanol–water partition coefficient (Wildman–Crippen LogP) is 2.51. The molecule has 0 radical (unpaired) electrons. The maximum Gasteiger partial charge on any atom is 0.176 e. The van der Waals surface area contributed by atoms with E-state index < -0.39 is 0 Å². The number of Topliss-reactive ketones (excluding diaryl/α,β-unsaturated/α-hetero) is 1. The van der Waals surface area contributed by atoms with Gasteiger partial charge < -0.3 is 9.30 Å². The number of hydrogen-bond acceptors (Lipinski definition) is 4. The van der Waals surface area contributed by atoms with Gasteiger partial charge in [-0.15, -0.1) is 0 Å². The zero-order chi connectivity index (χ0) is 15.4. The molecule has 2 rings (SSSR count). The summed E-state index contributed by atoms with van der Waals surface area (Å²) in [7, 11) is 5.45. The summed E-state index contributed by atoms with van der Waals surface area (Å²) in [5.41, 5.74) is 0.661. The maximum absolute atomic E-state index is 12.3. The first-order chi connectivity index (χ1) is 10.0. The zero-order valence-corrected chi connectivity index (χ0v) is 13.9. The van der Waals surface area contributed by atoms with Crippen LogP contribution in [0.4, 0.5) is 0 Å². The molecular weight excluding hydrogens is 334 g/mol. The Labute approximate surface area is 132 Å². The second kappa shape index (κ2) is 6.87. The summed E-state index contributed by atoms with van der Waals surface area (Å²) in [5.74, 6) is 1.71. The molecule has 0 saturated carbocycles. The lowest BCUT2D eigenvalue weighted by Crippen LogP contribution is -2.26. The minimum Gasteiger partial charge on any atom is -0.496 e. The molecule has 0 aliphatic carbocycles. The summed E-state index contributed by atoms with van der Waals surface area (Å²) in [5, 5.41) is 0. The Morgan fingerprint density at radius 2 is 2.24 bits per heavy atom. The number of aromatic nitrogens is 2. The number of imidazole rings is 1. The van der Waals surface area contributed by atoms with E-state index in [1.165, 1.54) is 0 Å². The number of ether oxygens (including phenoxy) is 1. The van der Waals surface area contributed by atoms with Crippen LogP contribution in [0.1, 0.15) is 16.2 Å². The summed E-state index contributed by atoms with van der Waals surface area (Å²) in [6.45, 7) is 0.970. The third kappa shape index (κ3) is 3.92. The van der Waals surface area contributed by atoms with E-state index in [-0.39, 0.29) is 5.78 Å². The molecule has 0 aliphatic heterocycles. The molecule has 5 nitrogen and oxygen atoms in total. The number of halogens is 1. The summed E-state index contributed by atoms with van der Waals surface area (Å²) in [4.78, 5) is 18.5. The molecule has 0 saturated heterocycles. The van der Waals surface area contributed by atoms with Crippen molar-refractivity contribution in [1.29, 1.82) is 0 Å². The standard InChI is InChI=1S/C15H18BrN3O2/c1-18(10-15-17-6-7-19(15)2)9-13(20)11-4-5-14(21-3)12(16)8-11/h4-8H,9-10H2,1-3H3. The average Bonchev–Trinajstić information content (AvgIpc) is 2.84. The SMILES string of the molecule is COc1ccc(C(=O)CN(C)Cc2nccn2C)cc1Br. The molecule has 0 amide bonds. The molecule has 1 aromatic carbocycles. The third-order valence-electron chi connectivity index (χ3n) is 3.22. The van der Waals surface area contributed by atoms with Crippen LogP contribution >= 0.6 is 15.9 Å². The van der Waals surface area contributed by atoms with Crippen molar-refractivity contribution in [2.45, 2.75) is 6.54 Å². The predicted molar refractivity (Wildman–Crippen MR) is 84.6 cm³/mol. The van der Waals surface area contributed by atoms with Gasteiger partial charge in [0.15, 0.2) is 5.78 Å². The van der Waals surface area contributed by atoms with Crippen molar-refractivity contribution >= 4 is 21.7 Å². The Balaban J connectivity index is 2.00. The average molecular weight is 352 g/mol. The molecule has 6 heteroatoms. The largest absolute Gasteiger partial charge is 0.496 e. The monoisotopic (exact) mass is 351 g/mol. The summed E-state index contributed by atoms with van der Waals surface area (Å²) < 4.78 is 7.89. The topological polar surface area (TPSA) is 47.4 Å². The number of ketones is 1. The molecule has 2 aromatic rings. The Kier molecular flexibility index (Phi) is 5.14. The van der Waals surface area contributed by atoms with Gasteiger partial charge in [0.1, 0.15) is 11.6 Å². The van der Waals surface area contributed by atoms with Gasteiger partial charge in [-0.05, 0) is 41.2 Å². The van der Waals surface area contributed by atoms with Crippen LogP contribution in [0.3, 0.4) is 0 Å². The molecule has 0 fully saturated rings. The molecule has 0 spiro atoms. The highest BCUT2D eigenvalue weighted by atomic mass is 79.9. The van der Waals surface area contributed by atoms with Crippen LogP contribution in [-0.2, 0) is 13.6 Å². The van der Waals surface area contributed by atoms with Crippen molar-refractivity contribution in [3.63, 3.8) is 0 Å². The molecule has 0 aliphatic rings. The lowest BCUT2D eigenvalue weighted by molar-refractivity contribution is 0.0941. The van der Waals surface area contributed by atoms with Crippen LogP contribution in [0.5, 0.6) is 5.75 Å². The van der Waals surface area contributed by atoms with E-state index in [0.717, 1.165) is 10.3 Å². The molecule has 0 unspecified atom stereocenters. The number of benzene rings is 1. The minimum atomic E-state index is 0.0649. The van der Waals surface area contributed by atoms with Crippen molar-refractivity contribution in [2.75, 3.05) is 20.7 Å². The van der Waals surface area contributed by atoms with Crippen LogP contribution in [0, 0.1) is 0 Å². The number of rotatable bonds is 6. The van der Waals surface area contributed by atoms with Gasteiger partial charge in [-0.1, -0.05) is 0 Å². The number of methoxy groups -OCH3 is 1. The van der Waals surface area contributed by atoms with Crippen LogP contribution in [0.15, 0.2) is 35.1 Å². The minimum absolute atomic E-state index is 0.0649. The molecule has 0 atom stereocenters. The van der Waals surface area contributed by atoms with Crippen LogP contribution in [-0.4, -0.2) is 40.9 Å². The fraction of sp³-hybridized carbons (Fsp3) is 0.333. The van der Waals surface area contributed by atoms with Crippen molar-refractivity contribution in [1.82, 2.24) is 14.5 Å². The van der Waals surface area contributed by atoms with Gasteiger partial charge in [0.05, 0.1) is 24.7 Å². The smallest absolute Gasteiger partial charge is 0.176 e. The number of nitrogens with zero attached hydrogens (tertiary/aromatic N) is 3. The van der Waals surface area contributed by atoms with E-state index in [9.17, 15) is 4.79 Å². The molecule has 1 heterocycles. The second-order valence-corrected chi connectivity index (χ2v) is 5.75. The van der Waals surface area contributed by atoms with Gasteiger partial charge in [0.25, 0.3) is 0 Å². The Morgan fingerprint density at radius 3 is 2.81 bits per heavy atom. The third-order valence-corrected chi connectivity index (χ3v) is 3.84. The van der Waals surface area contributed by atoms with E-state index in [0.29, 0.717) is 24.4 Å². The number of carbonyl (C=O) groups excluding carboxylic acids is 1. The van der Waals surface area contributed by atoms with Crippen LogP contribution in [0.25, 0.3) is 0 Å². The van der Waals surface area contributed by atoms with E-state index >= 15 is 0 Å². The summed E-state index contributed by atoms with van der Waals surface area (Å²) in [6.07, 6.45) is 3.65. The first-order valence-corrected chi connectivity index (χ1v) is 7.32. The maximum atomic E-state index is 12.3. The summed E-state index contributed by atoms with van der Waals surface area (Å²) >= 11 is 3.40. The summed E-state index contributed by atoms with van der Waals surface area (Å²) in [6, 6.07) is 5.35. The molecule has 1 aromatic heterocycles. The Hall–Kier alpha value is -1.66. The number of hydrogen-bond donors (Lipinski definition) is 0. The Bertz CT molecular complexity index is 640. The van der Waals surface area contributed by atoms with Crippen molar-refractivity contribution in [2.24, 2.45) is 7.05 Å². The van der Waals surface area contributed by atoms with E-state index in [2.05, 4.69) is 20.9 Å². The Morgan fingerprint density at radius 1 is 1.48 bits per heavy atom. The van der Waals surface area contributed by atoms with E-state index in [1.807, 2.05) is 29.8 Å². The van der Waals surface area contributed by atoms with Crippen molar-refractivity contribution in [3.05, 3.63) is 46.5 Å². The van der Waals surface area contributed by atoms with Gasteiger partial charge in [-0.25, -0.2) is 4.98 Å². The van der Waals surface area contributed by atoms with Gasteiger partial charge in [-0.3, -0.25) is 9.69 Å². The highest BCUT2D eigenvalue weighted by molar-refractivity contribution is 9.10. The second-order valence-electron chi connectivity index (χ2n) is 4.90. The number of carbonyl (C=O) groups is 1. The van der Waals surface area contributed by atoms with Crippen molar-refractivity contribution < 1.29 is 9.53 Å². The highest BCUT2D eigenvalue weighted by Gasteiger charge is 2.13. The molecular formula is C15H18BrN3O2. The molecule has 0 bridgehead atoms. The zero-order valence-electron chi connectivity index (χ0n) is 12.3. The van der Waals surface area contributed by atoms with Gasteiger partial charge in [-0.2, -0.15) is 0 Å². The van der Waals surface area contributed by atoms with Gasteiger partial charge in [0, 0.05) is 25.0 Å². The molecule has 0 N–H and O–H groups in total. The fourth-order valence-corrected chi connectivity index (χ4v) is 2.56. The van der Waals surface area contributed by atoms with Gasteiger partial charge in [0.2, 0.25) is 0 Å². The van der Waals surface area contributed by atoms with E-state index in [1.54, 1.807) is 31.5 Å². The lowest BCUT2D eigenvalue weighted by atomic mass is 10.1. The van der Waals surface area contributed by atoms with E-state index in [4.69, 9.17) is 4.74 Å². The van der Waals surface area contributed by atoms with Crippen molar-refractivity contribution in [3.8, 4) is 5.75 Å². The van der Waals surface area contributed by atoms with Gasteiger partial charge >= 0.3 is 0 Å². The first-order valence-electron chi connectivity index (χ1n) is 6.52. The molecule has 21 heavy (non-hydrogen) atoms. The van der Waals surface area contributed by atoms with Crippen LogP contribution in [0.2, 0.25) is 0 Å². The fourth-order valence-electron chi connectivity index (χ4n) is 2.02. The highest BCUT2D eigenvalue weighted by Crippen LogP contribution is 2.25. The number of aryl methyl sites for hydroxylation is 1. The lowest BCUT2D eigenvalue weighted by Gasteiger charge is -2.15. The quantitative estimate of drug-likeness (QED) is 0.750. The first kappa shape index (κ1) is 15.7. The molecule has 112 valence electrons. The number of likely N-dealkylation sites (N-methyl/N-ethyl adjacent to an activating group) is 1. The van der Waals surface area contributed by atoms with Crippen LogP contribution < -0.4 is 4.74 Å². The normalized spacial score (nSPS) is 10.9.